The molecule has 1 fully saturated rings. The first-order chi connectivity index (χ1) is 10.4. The van der Waals surface area contributed by atoms with Gasteiger partial charge < -0.3 is 15.3 Å². The van der Waals surface area contributed by atoms with Crippen LogP contribution in [0.25, 0.3) is 11.0 Å². The predicted octanol–water partition coefficient (Wildman–Crippen LogP) is 1.09. The van der Waals surface area contributed by atoms with Gasteiger partial charge in [-0.05, 0) is 30.5 Å². The molecule has 1 aromatic carbocycles. The van der Waals surface area contributed by atoms with E-state index in [0.717, 1.165) is 16.5 Å². The Morgan fingerprint density at radius 2 is 2.23 bits per heavy atom. The second-order valence-electron chi connectivity index (χ2n) is 6.00. The summed E-state index contributed by atoms with van der Waals surface area (Å²) >= 11 is 0. The quantitative estimate of drug-likeness (QED) is 0.824. The fraction of sp³-hybridized carbons (Fsp3) is 0.375. The molecule has 0 saturated carbocycles. The van der Waals surface area contributed by atoms with Gasteiger partial charge in [-0.2, -0.15) is 0 Å². The van der Waals surface area contributed by atoms with Crippen LogP contribution >= 0.6 is 0 Å². The maximum atomic E-state index is 11.5. The van der Waals surface area contributed by atoms with Gasteiger partial charge in [0.1, 0.15) is 11.1 Å². The van der Waals surface area contributed by atoms with Crippen LogP contribution in [0.4, 0.5) is 0 Å². The monoisotopic (exact) mass is 302 g/mol. The highest BCUT2D eigenvalue weighted by atomic mass is 16.4. The number of rotatable bonds is 3. The van der Waals surface area contributed by atoms with Crippen molar-refractivity contribution in [3.63, 3.8) is 0 Å². The van der Waals surface area contributed by atoms with Crippen LogP contribution < -0.4 is 11.4 Å². The Hall–Kier alpha value is -2.18. The first-order valence-electron chi connectivity index (χ1n) is 7.15. The van der Waals surface area contributed by atoms with Crippen molar-refractivity contribution in [1.29, 1.82) is 0 Å². The largest absolute Gasteiger partial charge is 0.480 e. The van der Waals surface area contributed by atoms with Crippen molar-refractivity contribution in [2.45, 2.75) is 25.4 Å². The summed E-state index contributed by atoms with van der Waals surface area (Å²) in [5.74, 6) is -0.963. The van der Waals surface area contributed by atoms with Gasteiger partial charge in [-0.15, -0.1) is 0 Å². The number of hydrogen-bond donors (Lipinski definition) is 2. The zero-order valence-corrected chi connectivity index (χ0v) is 12.3. The summed E-state index contributed by atoms with van der Waals surface area (Å²) < 4.78 is 5.23. The zero-order valence-electron chi connectivity index (χ0n) is 12.3. The molecule has 1 aliphatic heterocycles. The molecule has 1 atom stereocenters. The molecule has 6 nitrogen and oxygen atoms in total. The lowest BCUT2D eigenvalue weighted by molar-refractivity contribution is -0.142. The number of aliphatic carboxylic acids is 1. The highest BCUT2D eigenvalue weighted by molar-refractivity contribution is 5.80. The van der Waals surface area contributed by atoms with Crippen LogP contribution in [-0.4, -0.2) is 34.6 Å². The standard InChI is InChI=1S/C16H18N2O4/c1-10-6-14(19)22-13-7-11(2-3-12(10)13)8-18-5-4-16(17,9-18)15(20)21/h2-3,6-7H,4-5,8-9,17H2,1H3,(H,20,21). The van der Waals surface area contributed by atoms with E-state index in [-0.39, 0.29) is 5.63 Å². The molecule has 0 spiro atoms. The van der Waals surface area contributed by atoms with Crippen LogP contribution in [0.5, 0.6) is 0 Å². The molecule has 2 heterocycles. The number of fused-ring (bicyclic) bond motifs is 1. The summed E-state index contributed by atoms with van der Waals surface area (Å²) in [4.78, 5) is 24.6. The van der Waals surface area contributed by atoms with Crippen molar-refractivity contribution in [1.82, 2.24) is 4.90 Å². The Kier molecular flexibility index (Phi) is 3.50. The summed E-state index contributed by atoms with van der Waals surface area (Å²) in [5, 5.41) is 10.1. The lowest BCUT2D eigenvalue weighted by atomic mass is 10.0. The van der Waals surface area contributed by atoms with Gasteiger partial charge in [0.25, 0.3) is 0 Å². The van der Waals surface area contributed by atoms with E-state index in [4.69, 9.17) is 15.3 Å². The predicted molar refractivity (Wildman–Crippen MR) is 81.7 cm³/mol. The lowest BCUT2D eigenvalue weighted by Gasteiger charge is -2.20. The van der Waals surface area contributed by atoms with Gasteiger partial charge in [0.05, 0.1) is 0 Å². The van der Waals surface area contributed by atoms with Crippen LogP contribution in [0.15, 0.2) is 33.5 Å². The molecule has 1 unspecified atom stereocenters. The summed E-state index contributed by atoms with van der Waals surface area (Å²) in [7, 11) is 0. The molecule has 1 aliphatic rings. The van der Waals surface area contributed by atoms with Crippen LogP contribution in [0.1, 0.15) is 17.5 Å². The summed E-state index contributed by atoms with van der Waals surface area (Å²) in [6.07, 6.45) is 0.435. The average molecular weight is 302 g/mol. The van der Waals surface area contributed by atoms with Crippen LogP contribution in [-0.2, 0) is 11.3 Å². The highest BCUT2D eigenvalue weighted by Gasteiger charge is 2.41. The number of carboxylic acids is 1. The van der Waals surface area contributed by atoms with Crippen molar-refractivity contribution < 1.29 is 14.3 Å². The molecule has 3 rings (SSSR count). The lowest BCUT2D eigenvalue weighted by Crippen LogP contribution is -2.50. The van der Waals surface area contributed by atoms with E-state index in [0.29, 0.717) is 31.6 Å². The number of nitrogens with two attached hydrogens (primary N) is 1. The maximum Gasteiger partial charge on any atom is 0.336 e. The van der Waals surface area contributed by atoms with Crippen molar-refractivity contribution in [3.8, 4) is 0 Å². The smallest absolute Gasteiger partial charge is 0.336 e. The van der Waals surface area contributed by atoms with Crippen molar-refractivity contribution in [2.75, 3.05) is 13.1 Å². The normalized spacial score (nSPS) is 22.3. The molecular formula is C16H18N2O4. The maximum absolute atomic E-state index is 11.5. The second kappa shape index (κ2) is 5.23. The average Bonchev–Trinajstić information content (AvgIpc) is 2.81. The molecule has 0 bridgehead atoms. The molecule has 1 aromatic heterocycles. The Bertz CT molecular complexity index is 798. The van der Waals surface area contributed by atoms with E-state index in [1.807, 2.05) is 30.0 Å². The van der Waals surface area contributed by atoms with Gasteiger partial charge in [-0.25, -0.2) is 4.79 Å². The van der Waals surface area contributed by atoms with E-state index >= 15 is 0 Å². The van der Waals surface area contributed by atoms with E-state index in [9.17, 15) is 9.59 Å². The molecule has 1 saturated heterocycles. The van der Waals surface area contributed by atoms with E-state index < -0.39 is 11.5 Å². The number of likely N-dealkylation sites (tertiary alicyclic amines) is 1. The first kappa shape index (κ1) is 14.7. The Balaban J connectivity index is 1.84. The van der Waals surface area contributed by atoms with Crippen LogP contribution in [0.2, 0.25) is 0 Å². The number of carboxylic acid groups (broad SMARTS) is 1. The summed E-state index contributed by atoms with van der Waals surface area (Å²) in [6, 6.07) is 7.19. The molecule has 0 radical (unpaired) electrons. The van der Waals surface area contributed by atoms with Crippen LogP contribution in [0, 0.1) is 6.92 Å². The topological polar surface area (TPSA) is 96.8 Å². The SMILES string of the molecule is Cc1cc(=O)oc2cc(CN3CCC(N)(C(=O)O)C3)ccc12. The van der Waals surface area contributed by atoms with E-state index in [1.54, 1.807) is 0 Å². The minimum atomic E-state index is -1.17. The fourth-order valence-corrected chi connectivity index (χ4v) is 2.95. The number of nitrogens with zero attached hydrogens (tertiary/aromatic N) is 1. The molecule has 6 heteroatoms. The molecule has 3 N–H and O–H groups in total. The van der Waals surface area contributed by atoms with Gasteiger partial charge in [0.15, 0.2) is 0 Å². The Morgan fingerprint density at radius 1 is 1.45 bits per heavy atom. The minimum absolute atomic E-state index is 0.318. The van der Waals surface area contributed by atoms with Gasteiger partial charge in [0, 0.05) is 31.1 Å². The number of carbonyl (C=O) groups is 1. The van der Waals surface area contributed by atoms with Gasteiger partial charge in [0.2, 0.25) is 0 Å². The first-order valence-corrected chi connectivity index (χ1v) is 7.15. The van der Waals surface area contributed by atoms with E-state index in [1.165, 1.54) is 6.07 Å². The molecular weight excluding hydrogens is 284 g/mol. The third-order valence-corrected chi connectivity index (χ3v) is 4.23. The Morgan fingerprint density at radius 3 is 2.91 bits per heavy atom. The van der Waals surface area contributed by atoms with E-state index in [2.05, 4.69) is 0 Å². The Labute approximate surface area is 127 Å². The number of hydrogen-bond acceptors (Lipinski definition) is 5. The molecule has 2 aromatic rings. The third-order valence-electron chi connectivity index (χ3n) is 4.23. The highest BCUT2D eigenvalue weighted by Crippen LogP contribution is 2.23. The van der Waals surface area contributed by atoms with Crippen LogP contribution in [0.3, 0.4) is 0 Å². The van der Waals surface area contributed by atoms with Crippen molar-refractivity contribution in [3.05, 3.63) is 45.8 Å². The molecule has 0 aliphatic carbocycles. The number of aryl methyl sites for hydroxylation is 1. The minimum Gasteiger partial charge on any atom is -0.480 e. The van der Waals surface area contributed by atoms with Crippen molar-refractivity contribution >= 4 is 16.9 Å². The van der Waals surface area contributed by atoms with Gasteiger partial charge in [-0.1, -0.05) is 12.1 Å². The third kappa shape index (κ3) is 2.63. The van der Waals surface area contributed by atoms with Gasteiger partial charge >= 0.3 is 11.6 Å². The molecule has 0 amide bonds. The molecule has 22 heavy (non-hydrogen) atoms. The second-order valence-corrected chi connectivity index (χ2v) is 6.00. The summed E-state index contributed by atoms with van der Waals surface area (Å²) in [6.45, 7) is 3.41. The fourth-order valence-electron chi connectivity index (χ4n) is 2.95. The molecule has 116 valence electrons. The van der Waals surface area contributed by atoms with Gasteiger partial charge in [-0.3, -0.25) is 9.69 Å². The van der Waals surface area contributed by atoms with Crippen molar-refractivity contribution in [2.24, 2.45) is 5.73 Å². The number of benzene rings is 1. The zero-order chi connectivity index (χ0) is 15.9. The summed E-state index contributed by atoms with van der Waals surface area (Å²) in [5.41, 5.74) is 6.75.